The Kier molecular flexibility index (Phi) is 4.48. The fourth-order valence-electron chi connectivity index (χ4n) is 1.90. The molecule has 1 rings (SSSR count). The summed E-state index contributed by atoms with van der Waals surface area (Å²) >= 11 is 0. The second-order valence-corrected chi connectivity index (χ2v) is 4.39. The molecule has 1 aromatic rings. The number of likely N-dealkylation sites (N-methyl/N-ethyl adjacent to an activating group) is 1. The summed E-state index contributed by atoms with van der Waals surface area (Å²) < 4.78 is 24.5. The highest BCUT2D eigenvalue weighted by Gasteiger charge is 2.32. The maximum atomic E-state index is 14.2. The van der Waals surface area contributed by atoms with E-state index in [-0.39, 0.29) is 17.6 Å². The average molecular weight is 241 g/mol. The van der Waals surface area contributed by atoms with Crippen LogP contribution in [0.2, 0.25) is 0 Å². The summed E-state index contributed by atoms with van der Waals surface area (Å²) in [5.41, 5.74) is 0.0285. The molecule has 0 aliphatic carbocycles. The first-order valence-electron chi connectivity index (χ1n) is 5.52. The van der Waals surface area contributed by atoms with Crippen molar-refractivity contribution in [2.75, 3.05) is 21.3 Å². The lowest BCUT2D eigenvalue weighted by molar-refractivity contribution is -0.0100. The molecule has 0 amide bonds. The first-order valence-corrected chi connectivity index (χ1v) is 5.52. The van der Waals surface area contributed by atoms with Gasteiger partial charge in [-0.25, -0.2) is 4.39 Å². The SMILES string of the molecule is CNC(c1cccc(OC)c1F)C(C)(C)OC. The van der Waals surface area contributed by atoms with Crippen molar-refractivity contribution in [2.45, 2.75) is 25.5 Å². The van der Waals surface area contributed by atoms with Crippen LogP contribution in [0, 0.1) is 5.82 Å². The molecule has 0 radical (unpaired) electrons. The van der Waals surface area contributed by atoms with Crippen LogP contribution in [0.15, 0.2) is 18.2 Å². The molecule has 4 heteroatoms. The highest BCUT2D eigenvalue weighted by Crippen LogP contribution is 2.32. The van der Waals surface area contributed by atoms with E-state index in [0.717, 1.165) is 0 Å². The molecule has 0 saturated carbocycles. The van der Waals surface area contributed by atoms with E-state index < -0.39 is 5.60 Å². The first-order chi connectivity index (χ1) is 7.97. The predicted molar refractivity (Wildman–Crippen MR) is 65.8 cm³/mol. The van der Waals surface area contributed by atoms with Crippen molar-refractivity contribution in [2.24, 2.45) is 0 Å². The van der Waals surface area contributed by atoms with Crippen LogP contribution in [0.3, 0.4) is 0 Å². The molecule has 0 aliphatic heterocycles. The van der Waals surface area contributed by atoms with Gasteiger partial charge in [0.1, 0.15) is 0 Å². The van der Waals surface area contributed by atoms with Crippen LogP contribution < -0.4 is 10.1 Å². The van der Waals surface area contributed by atoms with E-state index in [0.29, 0.717) is 5.56 Å². The zero-order chi connectivity index (χ0) is 13.1. The summed E-state index contributed by atoms with van der Waals surface area (Å²) in [6.07, 6.45) is 0. The molecular weight excluding hydrogens is 221 g/mol. The molecule has 0 spiro atoms. The molecule has 0 aliphatic rings. The zero-order valence-electron chi connectivity index (χ0n) is 11.0. The average Bonchev–Trinajstić information content (AvgIpc) is 2.32. The molecule has 1 N–H and O–H groups in total. The normalized spacial score (nSPS) is 13.5. The lowest BCUT2D eigenvalue weighted by Gasteiger charge is -2.33. The molecule has 0 saturated heterocycles. The summed E-state index contributed by atoms with van der Waals surface area (Å²) in [5, 5.41) is 3.08. The Hall–Kier alpha value is -1.13. The van der Waals surface area contributed by atoms with Crippen molar-refractivity contribution < 1.29 is 13.9 Å². The van der Waals surface area contributed by atoms with E-state index in [1.807, 2.05) is 13.8 Å². The van der Waals surface area contributed by atoms with Gasteiger partial charge in [0.2, 0.25) is 0 Å². The van der Waals surface area contributed by atoms with Crippen molar-refractivity contribution >= 4 is 0 Å². The van der Waals surface area contributed by atoms with E-state index in [2.05, 4.69) is 5.32 Å². The molecule has 3 nitrogen and oxygen atoms in total. The van der Waals surface area contributed by atoms with Crippen LogP contribution in [-0.4, -0.2) is 26.9 Å². The van der Waals surface area contributed by atoms with Gasteiger partial charge in [-0.2, -0.15) is 0 Å². The van der Waals surface area contributed by atoms with E-state index in [4.69, 9.17) is 9.47 Å². The van der Waals surface area contributed by atoms with Gasteiger partial charge < -0.3 is 14.8 Å². The summed E-state index contributed by atoms with van der Waals surface area (Å²) in [5.74, 6) is -0.103. The quantitative estimate of drug-likeness (QED) is 0.859. The second-order valence-electron chi connectivity index (χ2n) is 4.39. The number of methoxy groups -OCH3 is 2. The number of hydrogen-bond donors (Lipinski definition) is 1. The van der Waals surface area contributed by atoms with Gasteiger partial charge in [0.25, 0.3) is 0 Å². The van der Waals surface area contributed by atoms with Crippen LogP contribution in [-0.2, 0) is 4.74 Å². The Balaban J connectivity index is 3.21. The summed E-state index contributed by atoms with van der Waals surface area (Å²) in [6.45, 7) is 3.82. The van der Waals surface area contributed by atoms with E-state index >= 15 is 0 Å². The van der Waals surface area contributed by atoms with Gasteiger partial charge in [-0.1, -0.05) is 12.1 Å². The molecule has 0 bridgehead atoms. The van der Waals surface area contributed by atoms with Gasteiger partial charge >= 0.3 is 0 Å². The fraction of sp³-hybridized carbons (Fsp3) is 0.538. The van der Waals surface area contributed by atoms with Crippen molar-refractivity contribution in [1.29, 1.82) is 0 Å². The molecule has 0 fully saturated rings. The third-order valence-electron chi connectivity index (χ3n) is 3.03. The Morgan fingerprint density at radius 3 is 2.41 bits per heavy atom. The number of benzene rings is 1. The van der Waals surface area contributed by atoms with Crippen LogP contribution in [0.1, 0.15) is 25.5 Å². The molecule has 0 heterocycles. The third-order valence-corrected chi connectivity index (χ3v) is 3.03. The standard InChI is InChI=1S/C13H20FNO2/c1-13(2,17-5)12(15-3)9-7-6-8-10(16-4)11(9)14/h6-8,12,15H,1-5H3. The van der Waals surface area contributed by atoms with E-state index in [1.165, 1.54) is 7.11 Å². The van der Waals surface area contributed by atoms with Crippen molar-refractivity contribution in [3.8, 4) is 5.75 Å². The maximum absolute atomic E-state index is 14.2. The Morgan fingerprint density at radius 1 is 1.29 bits per heavy atom. The van der Waals surface area contributed by atoms with E-state index in [1.54, 1.807) is 32.4 Å². The molecule has 1 aromatic carbocycles. The van der Waals surface area contributed by atoms with E-state index in [9.17, 15) is 4.39 Å². The fourth-order valence-corrected chi connectivity index (χ4v) is 1.90. The minimum absolute atomic E-state index is 0.245. The number of ether oxygens (including phenoxy) is 2. The summed E-state index contributed by atoms with van der Waals surface area (Å²) in [7, 11) is 4.85. The largest absolute Gasteiger partial charge is 0.494 e. The summed E-state index contributed by atoms with van der Waals surface area (Å²) in [4.78, 5) is 0. The van der Waals surface area contributed by atoms with Crippen LogP contribution in [0.5, 0.6) is 5.75 Å². The molecular formula is C13H20FNO2. The number of halogens is 1. The van der Waals surface area contributed by atoms with Gasteiger partial charge in [0, 0.05) is 12.7 Å². The smallest absolute Gasteiger partial charge is 0.169 e. The minimum Gasteiger partial charge on any atom is -0.494 e. The number of rotatable bonds is 5. The van der Waals surface area contributed by atoms with Gasteiger partial charge in [-0.15, -0.1) is 0 Å². The third kappa shape index (κ3) is 2.76. The first kappa shape index (κ1) is 13.9. The summed E-state index contributed by atoms with van der Waals surface area (Å²) in [6, 6.07) is 4.86. The van der Waals surface area contributed by atoms with Crippen molar-refractivity contribution in [3.05, 3.63) is 29.6 Å². The van der Waals surface area contributed by atoms with Crippen LogP contribution in [0.4, 0.5) is 4.39 Å². The Labute approximate surface area is 102 Å². The van der Waals surface area contributed by atoms with Gasteiger partial charge in [-0.3, -0.25) is 0 Å². The van der Waals surface area contributed by atoms with Crippen molar-refractivity contribution in [1.82, 2.24) is 5.32 Å². The van der Waals surface area contributed by atoms with Crippen molar-refractivity contribution in [3.63, 3.8) is 0 Å². The molecule has 17 heavy (non-hydrogen) atoms. The monoisotopic (exact) mass is 241 g/mol. The Bertz CT molecular complexity index is 380. The van der Waals surface area contributed by atoms with Gasteiger partial charge in [0.15, 0.2) is 11.6 Å². The Morgan fingerprint density at radius 2 is 1.94 bits per heavy atom. The van der Waals surface area contributed by atoms with Crippen LogP contribution >= 0.6 is 0 Å². The second kappa shape index (κ2) is 5.47. The highest BCUT2D eigenvalue weighted by atomic mass is 19.1. The molecule has 1 atom stereocenters. The maximum Gasteiger partial charge on any atom is 0.169 e. The molecule has 1 unspecified atom stereocenters. The molecule has 0 aromatic heterocycles. The number of hydrogen-bond acceptors (Lipinski definition) is 3. The topological polar surface area (TPSA) is 30.5 Å². The van der Waals surface area contributed by atoms with Gasteiger partial charge in [0.05, 0.1) is 18.8 Å². The molecule has 96 valence electrons. The number of nitrogens with one attached hydrogen (secondary N) is 1. The van der Waals surface area contributed by atoms with Gasteiger partial charge in [-0.05, 0) is 27.0 Å². The lowest BCUT2D eigenvalue weighted by atomic mass is 9.91. The predicted octanol–water partition coefficient (Wildman–Crippen LogP) is 2.52. The zero-order valence-corrected chi connectivity index (χ0v) is 11.0. The highest BCUT2D eigenvalue weighted by molar-refractivity contribution is 5.34. The lowest BCUT2D eigenvalue weighted by Crippen LogP contribution is -2.39. The van der Waals surface area contributed by atoms with Crippen LogP contribution in [0.25, 0.3) is 0 Å². The minimum atomic E-state index is -0.512.